The Labute approximate surface area is 181 Å². The zero-order valence-corrected chi connectivity index (χ0v) is 19.4. The summed E-state index contributed by atoms with van der Waals surface area (Å²) < 4.78 is 2.11. The lowest BCUT2D eigenvalue weighted by Crippen LogP contribution is -2.47. The lowest BCUT2D eigenvalue weighted by molar-refractivity contribution is 0.124. The van der Waals surface area contributed by atoms with Gasteiger partial charge in [-0.1, -0.05) is 19.9 Å². The second-order valence-electron chi connectivity index (χ2n) is 9.01. The van der Waals surface area contributed by atoms with Crippen LogP contribution in [0.1, 0.15) is 75.3 Å². The third-order valence-electron chi connectivity index (χ3n) is 7.26. The van der Waals surface area contributed by atoms with E-state index in [9.17, 15) is 4.79 Å². The zero-order chi connectivity index (χ0) is 21.4. The molecule has 2 amide bonds. The highest BCUT2D eigenvalue weighted by molar-refractivity contribution is 5.94. The topological polar surface area (TPSA) is 40.5 Å². The van der Waals surface area contributed by atoms with Crippen molar-refractivity contribution in [3.8, 4) is 0 Å². The summed E-state index contributed by atoms with van der Waals surface area (Å²) in [7, 11) is 0. The minimum atomic E-state index is -0.00882. The van der Waals surface area contributed by atoms with Crippen molar-refractivity contribution in [1.82, 2.24) is 14.5 Å². The van der Waals surface area contributed by atoms with Crippen LogP contribution in [0.3, 0.4) is 0 Å². The summed E-state index contributed by atoms with van der Waals surface area (Å²) in [6.07, 6.45) is 5.80. The number of benzene rings is 1. The molecule has 1 fully saturated rings. The molecule has 4 rings (SSSR count). The van der Waals surface area contributed by atoms with Gasteiger partial charge in [-0.05, 0) is 88.7 Å². The van der Waals surface area contributed by atoms with Crippen LogP contribution in [0.5, 0.6) is 0 Å². The van der Waals surface area contributed by atoms with Gasteiger partial charge in [0.1, 0.15) is 0 Å². The quantitative estimate of drug-likeness (QED) is 0.725. The first-order chi connectivity index (χ1) is 14.5. The van der Waals surface area contributed by atoms with E-state index in [2.05, 4.69) is 47.9 Å². The van der Waals surface area contributed by atoms with Gasteiger partial charge in [-0.2, -0.15) is 0 Å². The summed E-state index contributed by atoms with van der Waals surface area (Å²) in [5, 5.41) is 1.41. The zero-order valence-electron chi connectivity index (χ0n) is 19.4. The van der Waals surface area contributed by atoms with Crippen molar-refractivity contribution in [2.24, 2.45) is 0 Å². The fraction of sp³-hybridized carbons (Fsp3) is 0.640. The molecule has 164 valence electrons. The smallest absolute Gasteiger partial charge is 0.324 e. The van der Waals surface area contributed by atoms with Gasteiger partial charge in [-0.3, -0.25) is 9.58 Å². The molecule has 2 aliphatic rings. The second kappa shape index (κ2) is 8.62. The van der Waals surface area contributed by atoms with Crippen LogP contribution in [0.2, 0.25) is 0 Å². The molecule has 2 aromatic rings. The van der Waals surface area contributed by atoms with Gasteiger partial charge in [-0.15, -0.1) is 0 Å². The fourth-order valence-corrected chi connectivity index (χ4v) is 5.95. The molecule has 5 heteroatoms. The molecule has 2 atom stereocenters. The molecular weight excluding hydrogens is 372 g/mol. The molecule has 1 aliphatic heterocycles. The van der Waals surface area contributed by atoms with E-state index in [0.717, 1.165) is 25.9 Å². The summed E-state index contributed by atoms with van der Waals surface area (Å²) >= 11 is 0. The van der Waals surface area contributed by atoms with Crippen LogP contribution in [-0.2, 0) is 12.8 Å². The van der Waals surface area contributed by atoms with Crippen LogP contribution in [-0.4, -0.2) is 52.7 Å². The number of carbonyl (C=O) groups is 1. The first-order valence-corrected chi connectivity index (χ1v) is 12.0. The molecule has 1 aromatic carbocycles. The second-order valence-corrected chi connectivity index (χ2v) is 9.01. The molecule has 0 spiro atoms. The van der Waals surface area contributed by atoms with Gasteiger partial charge in [0.15, 0.2) is 0 Å². The van der Waals surface area contributed by atoms with Gasteiger partial charge in [0, 0.05) is 36.1 Å². The van der Waals surface area contributed by atoms with E-state index < -0.39 is 0 Å². The van der Waals surface area contributed by atoms with Gasteiger partial charge >= 0.3 is 6.03 Å². The van der Waals surface area contributed by atoms with Crippen LogP contribution >= 0.6 is 0 Å². The van der Waals surface area contributed by atoms with E-state index in [1.165, 1.54) is 65.6 Å². The number of amides is 2. The largest absolute Gasteiger partial charge is 0.336 e. The standard InChI is InChI=1S/C25H38N4O/c1-6-12-28-13-10-11-18-19-14-17(5)15-23-24(19)20(16-22(18)28)21(7-2)29(23)26-25(30)27(8-3)9-4/h14-15,18,22H,6-13,16H2,1-5H3,(H,26,30)/t18-,22-/m1/s1. The molecule has 5 nitrogen and oxygen atoms in total. The average Bonchev–Trinajstić information content (AvgIpc) is 3.02. The number of nitrogens with zero attached hydrogens (tertiary/aromatic N) is 3. The van der Waals surface area contributed by atoms with Crippen molar-refractivity contribution in [3.05, 3.63) is 34.5 Å². The summed E-state index contributed by atoms with van der Waals surface area (Å²) in [6, 6.07) is 5.27. The number of hydrogen-bond acceptors (Lipinski definition) is 2. The number of nitrogens with one attached hydrogen (secondary N) is 1. The van der Waals surface area contributed by atoms with Crippen molar-refractivity contribution < 1.29 is 4.79 Å². The molecular formula is C25H38N4O. The monoisotopic (exact) mass is 410 g/mol. The molecule has 0 bridgehead atoms. The van der Waals surface area contributed by atoms with E-state index in [0.29, 0.717) is 12.0 Å². The van der Waals surface area contributed by atoms with E-state index >= 15 is 0 Å². The molecule has 0 saturated carbocycles. The van der Waals surface area contributed by atoms with Crippen LogP contribution in [0.4, 0.5) is 4.79 Å². The minimum absolute atomic E-state index is 0.00882. The predicted octanol–water partition coefficient (Wildman–Crippen LogP) is 5.03. The summed E-state index contributed by atoms with van der Waals surface area (Å²) in [6.45, 7) is 14.6. The van der Waals surface area contributed by atoms with E-state index in [4.69, 9.17) is 0 Å². The lowest BCUT2D eigenvalue weighted by Gasteiger charge is -2.44. The Morgan fingerprint density at radius 2 is 1.97 bits per heavy atom. The maximum Gasteiger partial charge on any atom is 0.336 e. The SMILES string of the molecule is CCCN1CCC[C@@H]2c3cc(C)cc4c3c(c(CC)n4NC(=O)N(CC)CC)C[C@H]21. The molecule has 1 N–H and O–H groups in total. The number of piperidine rings is 1. The molecule has 2 heterocycles. The third kappa shape index (κ3) is 3.41. The maximum atomic E-state index is 12.9. The van der Waals surface area contributed by atoms with Crippen molar-refractivity contribution >= 4 is 16.9 Å². The third-order valence-corrected chi connectivity index (χ3v) is 7.26. The number of hydrogen-bond donors (Lipinski definition) is 1. The summed E-state index contributed by atoms with van der Waals surface area (Å²) in [5.74, 6) is 0.610. The van der Waals surface area contributed by atoms with Gasteiger partial charge in [0.2, 0.25) is 0 Å². The summed E-state index contributed by atoms with van der Waals surface area (Å²) in [5.41, 5.74) is 9.98. The molecule has 1 aliphatic carbocycles. The van der Waals surface area contributed by atoms with Crippen LogP contribution in [0, 0.1) is 6.92 Å². The lowest BCUT2D eigenvalue weighted by atomic mass is 9.74. The Hall–Kier alpha value is -2.01. The van der Waals surface area contributed by atoms with Crippen LogP contribution in [0.25, 0.3) is 10.9 Å². The fourth-order valence-electron chi connectivity index (χ4n) is 5.95. The first-order valence-electron chi connectivity index (χ1n) is 12.0. The number of fused-ring (bicyclic) bond motifs is 2. The Morgan fingerprint density at radius 1 is 1.20 bits per heavy atom. The number of likely N-dealkylation sites (tertiary alicyclic amines) is 1. The van der Waals surface area contributed by atoms with E-state index in [1.807, 2.05) is 18.7 Å². The van der Waals surface area contributed by atoms with Gasteiger partial charge in [0.25, 0.3) is 0 Å². The normalized spacial score (nSPS) is 21.0. The maximum absolute atomic E-state index is 12.9. The number of aryl methyl sites for hydroxylation is 1. The van der Waals surface area contributed by atoms with Crippen molar-refractivity contribution in [1.29, 1.82) is 0 Å². The number of rotatable bonds is 6. The van der Waals surface area contributed by atoms with Crippen LogP contribution in [0.15, 0.2) is 12.1 Å². The Balaban J connectivity index is 1.85. The predicted molar refractivity (Wildman–Crippen MR) is 125 cm³/mol. The summed E-state index contributed by atoms with van der Waals surface area (Å²) in [4.78, 5) is 17.5. The highest BCUT2D eigenvalue weighted by Gasteiger charge is 2.39. The highest BCUT2D eigenvalue weighted by Crippen LogP contribution is 2.46. The van der Waals surface area contributed by atoms with E-state index in [1.54, 1.807) is 0 Å². The van der Waals surface area contributed by atoms with Crippen molar-refractivity contribution in [2.75, 3.05) is 31.6 Å². The Kier molecular flexibility index (Phi) is 6.10. The van der Waals surface area contributed by atoms with Crippen LogP contribution < -0.4 is 5.43 Å². The van der Waals surface area contributed by atoms with Crippen molar-refractivity contribution in [3.63, 3.8) is 0 Å². The highest BCUT2D eigenvalue weighted by atomic mass is 16.2. The average molecular weight is 411 g/mol. The van der Waals surface area contributed by atoms with E-state index in [-0.39, 0.29) is 6.03 Å². The first kappa shape index (κ1) is 21.2. The number of aromatic nitrogens is 1. The molecule has 0 radical (unpaired) electrons. The molecule has 0 unspecified atom stereocenters. The Bertz CT molecular complexity index is 925. The molecule has 1 saturated heterocycles. The van der Waals surface area contributed by atoms with Gasteiger partial charge < -0.3 is 4.90 Å². The molecule has 30 heavy (non-hydrogen) atoms. The molecule has 1 aromatic heterocycles. The Morgan fingerprint density at radius 3 is 2.63 bits per heavy atom. The minimum Gasteiger partial charge on any atom is -0.324 e. The van der Waals surface area contributed by atoms with Gasteiger partial charge in [0.05, 0.1) is 5.52 Å². The number of urea groups is 1. The number of carbonyl (C=O) groups excluding carboxylic acids is 1. The van der Waals surface area contributed by atoms with Gasteiger partial charge in [-0.25, -0.2) is 10.2 Å². The van der Waals surface area contributed by atoms with Crippen molar-refractivity contribution in [2.45, 2.75) is 78.7 Å².